The molecule has 0 saturated carbocycles. The van der Waals surface area contributed by atoms with Crippen molar-refractivity contribution in [1.29, 1.82) is 0 Å². The van der Waals surface area contributed by atoms with Crippen molar-refractivity contribution in [2.75, 3.05) is 13.1 Å². The number of aromatic nitrogens is 2. The van der Waals surface area contributed by atoms with E-state index in [0.29, 0.717) is 0 Å². The number of amides is 1. The summed E-state index contributed by atoms with van der Waals surface area (Å²) in [7, 11) is 0. The molecule has 8 N–H and O–H groups in total. The Bertz CT molecular complexity index is 419. The van der Waals surface area contributed by atoms with Gasteiger partial charge < -0.3 is 26.7 Å². The van der Waals surface area contributed by atoms with Gasteiger partial charge in [0.25, 0.3) is 0 Å². The zero-order valence-electron chi connectivity index (χ0n) is 10.6. The maximum Gasteiger partial charge on any atom is 0.320 e. The SMILES string of the molecule is NC(=O)CNCC(=O)O.N[C@@H](Cc1cnc[nH]1)C(=O)O. The zero-order chi connectivity index (χ0) is 15.5. The van der Waals surface area contributed by atoms with Crippen LogP contribution in [0.2, 0.25) is 0 Å². The van der Waals surface area contributed by atoms with Crippen molar-refractivity contribution in [3.05, 3.63) is 18.2 Å². The van der Waals surface area contributed by atoms with Crippen LogP contribution in [0, 0.1) is 0 Å². The molecule has 1 heterocycles. The van der Waals surface area contributed by atoms with Crippen LogP contribution in [0.1, 0.15) is 5.69 Å². The minimum Gasteiger partial charge on any atom is -0.480 e. The summed E-state index contributed by atoms with van der Waals surface area (Å²) in [5.74, 6) is -2.56. The van der Waals surface area contributed by atoms with Crippen LogP contribution in [-0.2, 0) is 20.8 Å². The molecule has 1 rings (SSSR count). The first-order chi connectivity index (χ1) is 9.32. The van der Waals surface area contributed by atoms with Gasteiger partial charge in [0.05, 0.1) is 19.4 Å². The highest BCUT2D eigenvalue weighted by Crippen LogP contribution is 1.95. The number of primary amides is 1. The lowest BCUT2D eigenvalue weighted by Gasteiger charge is -2.02. The number of carbonyl (C=O) groups excluding carboxylic acids is 1. The second kappa shape index (κ2) is 9.47. The summed E-state index contributed by atoms with van der Waals surface area (Å²) >= 11 is 0. The Morgan fingerprint density at radius 3 is 2.40 bits per heavy atom. The number of hydrogen-bond donors (Lipinski definition) is 6. The number of H-pyrrole nitrogens is 1. The first-order valence-corrected chi connectivity index (χ1v) is 5.49. The summed E-state index contributed by atoms with van der Waals surface area (Å²) in [5.41, 5.74) is 10.7. The largest absolute Gasteiger partial charge is 0.480 e. The Hall–Kier alpha value is -2.46. The van der Waals surface area contributed by atoms with Crippen molar-refractivity contribution in [2.45, 2.75) is 12.5 Å². The van der Waals surface area contributed by atoms with Crippen molar-refractivity contribution in [3.63, 3.8) is 0 Å². The molecule has 1 aromatic heterocycles. The highest BCUT2D eigenvalue weighted by atomic mass is 16.4. The Kier molecular flexibility index (Phi) is 8.30. The number of aliphatic carboxylic acids is 2. The molecular formula is C10H17N5O5. The van der Waals surface area contributed by atoms with Gasteiger partial charge in [-0.1, -0.05) is 0 Å². The van der Waals surface area contributed by atoms with Gasteiger partial charge in [0, 0.05) is 18.3 Å². The third-order valence-corrected chi connectivity index (χ3v) is 1.89. The van der Waals surface area contributed by atoms with Crippen LogP contribution < -0.4 is 16.8 Å². The fourth-order valence-corrected chi connectivity index (χ4v) is 1.01. The number of nitrogens with one attached hydrogen (secondary N) is 2. The third kappa shape index (κ3) is 9.56. The summed E-state index contributed by atoms with van der Waals surface area (Å²) in [5, 5.41) is 18.7. The second-order valence-corrected chi connectivity index (χ2v) is 3.69. The maximum absolute atomic E-state index is 10.3. The van der Waals surface area contributed by atoms with Gasteiger partial charge in [0.1, 0.15) is 6.04 Å². The minimum absolute atomic E-state index is 0.0910. The van der Waals surface area contributed by atoms with Crippen LogP contribution in [0.4, 0.5) is 0 Å². The normalized spacial score (nSPS) is 11.1. The number of aromatic amines is 1. The number of carboxylic acid groups (broad SMARTS) is 2. The van der Waals surface area contributed by atoms with Gasteiger partial charge in [-0.2, -0.15) is 0 Å². The lowest BCUT2D eigenvalue weighted by molar-refractivity contribution is -0.138. The first-order valence-electron chi connectivity index (χ1n) is 5.49. The van der Waals surface area contributed by atoms with E-state index in [1.165, 1.54) is 6.33 Å². The molecule has 10 heteroatoms. The van der Waals surface area contributed by atoms with Crippen LogP contribution in [0.25, 0.3) is 0 Å². The molecule has 1 aromatic rings. The van der Waals surface area contributed by atoms with E-state index in [2.05, 4.69) is 21.0 Å². The molecule has 0 spiro atoms. The van der Waals surface area contributed by atoms with Crippen molar-refractivity contribution >= 4 is 17.8 Å². The van der Waals surface area contributed by atoms with Gasteiger partial charge in [-0.25, -0.2) is 4.98 Å². The van der Waals surface area contributed by atoms with E-state index in [1.807, 2.05) is 0 Å². The molecule has 0 aliphatic carbocycles. The summed E-state index contributed by atoms with van der Waals surface area (Å²) in [6.07, 6.45) is 3.34. The van der Waals surface area contributed by atoms with E-state index < -0.39 is 23.9 Å². The van der Waals surface area contributed by atoms with E-state index in [-0.39, 0.29) is 19.5 Å². The molecule has 1 amide bonds. The van der Waals surface area contributed by atoms with E-state index in [1.54, 1.807) is 6.20 Å². The third-order valence-electron chi connectivity index (χ3n) is 1.89. The predicted molar refractivity (Wildman–Crippen MR) is 67.6 cm³/mol. The maximum atomic E-state index is 10.3. The van der Waals surface area contributed by atoms with Crippen molar-refractivity contribution in [2.24, 2.45) is 11.5 Å². The molecule has 0 aliphatic rings. The predicted octanol–water partition coefficient (Wildman–Crippen LogP) is -2.49. The van der Waals surface area contributed by atoms with Gasteiger partial charge in [0.15, 0.2) is 0 Å². The van der Waals surface area contributed by atoms with Crippen molar-refractivity contribution < 1.29 is 24.6 Å². The summed E-state index contributed by atoms with van der Waals surface area (Å²) < 4.78 is 0. The molecule has 0 aliphatic heterocycles. The Labute approximate surface area is 114 Å². The summed E-state index contributed by atoms with van der Waals surface area (Å²) in [6, 6.07) is -0.851. The van der Waals surface area contributed by atoms with Crippen LogP contribution in [0.3, 0.4) is 0 Å². The van der Waals surface area contributed by atoms with Gasteiger partial charge in [-0.05, 0) is 0 Å². The molecule has 1 atom stereocenters. The highest BCUT2D eigenvalue weighted by molar-refractivity contribution is 5.77. The number of nitrogens with zero attached hydrogens (tertiary/aromatic N) is 1. The fourth-order valence-electron chi connectivity index (χ4n) is 1.01. The second-order valence-electron chi connectivity index (χ2n) is 3.69. The van der Waals surface area contributed by atoms with Gasteiger partial charge in [-0.3, -0.25) is 19.7 Å². The number of hydrogen-bond acceptors (Lipinski definition) is 6. The summed E-state index contributed by atoms with van der Waals surface area (Å²) in [4.78, 5) is 36.5. The molecule has 20 heavy (non-hydrogen) atoms. The Morgan fingerprint density at radius 1 is 1.35 bits per heavy atom. The lowest BCUT2D eigenvalue weighted by atomic mass is 10.2. The molecule has 0 saturated heterocycles. The number of nitrogens with two attached hydrogens (primary N) is 2. The van der Waals surface area contributed by atoms with Crippen molar-refractivity contribution in [3.8, 4) is 0 Å². The monoisotopic (exact) mass is 287 g/mol. The van der Waals surface area contributed by atoms with Gasteiger partial charge >= 0.3 is 11.9 Å². The van der Waals surface area contributed by atoms with E-state index in [4.69, 9.17) is 15.9 Å². The molecule has 112 valence electrons. The highest BCUT2D eigenvalue weighted by Gasteiger charge is 2.12. The molecule has 10 nitrogen and oxygen atoms in total. The molecule has 0 bridgehead atoms. The minimum atomic E-state index is -1.00. The van der Waals surface area contributed by atoms with Crippen LogP contribution in [0.5, 0.6) is 0 Å². The number of carboxylic acids is 2. The summed E-state index contributed by atoms with van der Waals surface area (Å²) in [6.45, 7) is -0.324. The molecule has 0 unspecified atom stereocenters. The molecule has 0 radical (unpaired) electrons. The molecular weight excluding hydrogens is 270 g/mol. The van der Waals surface area contributed by atoms with Crippen LogP contribution in [-0.4, -0.2) is 57.2 Å². The average Bonchev–Trinajstić information content (AvgIpc) is 2.81. The average molecular weight is 287 g/mol. The lowest BCUT2D eigenvalue weighted by Crippen LogP contribution is -2.32. The van der Waals surface area contributed by atoms with E-state index in [9.17, 15) is 14.4 Å². The standard InChI is InChI=1S/C6H9N3O2.C4H8N2O3/c7-5(6(10)11)1-4-2-8-3-9-4;5-3(7)1-6-2-4(8)9/h2-3,5H,1,7H2,(H,8,9)(H,10,11);6H,1-2H2,(H2,5,7)(H,8,9)/t5-;/m0./s1. The number of imidazole rings is 1. The Balaban J connectivity index is 0.000000370. The number of rotatable bonds is 7. The van der Waals surface area contributed by atoms with E-state index >= 15 is 0 Å². The smallest absolute Gasteiger partial charge is 0.320 e. The van der Waals surface area contributed by atoms with Crippen LogP contribution >= 0.6 is 0 Å². The Morgan fingerprint density at radius 2 is 2.00 bits per heavy atom. The fraction of sp³-hybridized carbons (Fsp3) is 0.400. The zero-order valence-corrected chi connectivity index (χ0v) is 10.6. The first kappa shape index (κ1) is 17.5. The van der Waals surface area contributed by atoms with Gasteiger partial charge in [0.2, 0.25) is 5.91 Å². The quantitative estimate of drug-likeness (QED) is 0.318. The molecule has 0 fully saturated rings. The topological polar surface area (TPSA) is 184 Å². The van der Waals surface area contributed by atoms with Crippen molar-refractivity contribution in [1.82, 2.24) is 15.3 Å². The molecule has 0 aromatic carbocycles. The van der Waals surface area contributed by atoms with Crippen LogP contribution in [0.15, 0.2) is 12.5 Å². The number of carbonyl (C=O) groups is 3. The van der Waals surface area contributed by atoms with E-state index in [0.717, 1.165) is 5.69 Å². The van der Waals surface area contributed by atoms with Gasteiger partial charge in [-0.15, -0.1) is 0 Å².